The van der Waals surface area contributed by atoms with Crippen molar-refractivity contribution < 1.29 is 28.8 Å². The Morgan fingerprint density at radius 3 is 2.35 bits per heavy atom. The van der Waals surface area contributed by atoms with Gasteiger partial charge in [0.05, 0.1) is 35.5 Å². The number of imide groups is 1. The van der Waals surface area contributed by atoms with Gasteiger partial charge >= 0.3 is 5.97 Å². The van der Waals surface area contributed by atoms with Crippen LogP contribution in [0.1, 0.15) is 48.3 Å². The van der Waals surface area contributed by atoms with Crippen molar-refractivity contribution in [2.75, 3.05) is 12.0 Å². The SMILES string of the molecule is COC(=O)c1c(N2C(=O)[C@@H]3[C@@H](C2=O)[C@H]2c4ccccc4C=CN2[C@@H]3C(=O)c2ccc([N+](=O)[O-])cc2)sc(C)c1C. The lowest BCUT2D eigenvalue weighted by Crippen LogP contribution is -2.44. The Bertz CT molecular complexity index is 1660. The Kier molecular flexibility index (Phi) is 5.91. The third-order valence-electron chi connectivity index (χ3n) is 8.05. The molecular weight excluding hydrogens is 534 g/mol. The summed E-state index contributed by atoms with van der Waals surface area (Å²) in [6, 6.07) is 11.1. The summed E-state index contributed by atoms with van der Waals surface area (Å²) in [6.45, 7) is 3.53. The molecule has 202 valence electrons. The highest BCUT2D eigenvalue weighted by molar-refractivity contribution is 7.17. The summed E-state index contributed by atoms with van der Waals surface area (Å²) in [7, 11) is 1.24. The van der Waals surface area contributed by atoms with E-state index in [1.807, 2.05) is 30.3 Å². The van der Waals surface area contributed by atoms with E-state index in [0.717, 1.165) is 32.2 Å². The maximum atomic E-state index is 14.2. The van der Waals surface area contributed by atoms with Crippen molar-refractivity contribution in [3.8, 4) is 0 Å². The Hall–Kier alpha value is -4.64. The van der Waals surface area contributed by atoms with Crippen molar-refractivity contribution in [2.45, 2.75) is 25.9 Å². The molecule has 4 atom stereocenters. The van der Waals surface area contributed by atoms with E-state index >= 15 is 0 Å². The Balaban J connectivity index is 1.50. The number of esters is 1. The molecule has 0 saturated carbocycles. The molecule has 10 nitrogen and oxygen atoms in total. The summed E-state index contributed by atoms with van der Waals surface area (Å²) in [5, 5.41) is 11.3. The summed E-state index contributed by atoms with van der Waals surface area (Å²) in [5.74, 6) is -4.06. The number of benzene rings is 2. The Morgan fingerprint density at radius 2 is 1.68 bits per heavy atom. The molecule has 0 radical (unpaired) electrons. The van der Waals surface area contributed by atoms with Gasteiger partial charge in [-0.1, -0.05) is 24.3 Å². The number of aryl methyl sites for hydroxylation is 1. The molecule has 2 saturated heterocycles. The van der Waals surface area contributed by atoms with Gasteiger partial charge in [0.25, 0.3) is 5.69 Å². The van der Waals surface area contributed by atoms with E-state index in [9.17, 15) is 29.3 Å². The van der Waals surface area contributed by atoms with Gasteiger partial charge in [0.2, 0.25) is 11.8 Å². The number of nitrogens with zero attached hydrogens (tertiary/aromatic N) is 3. The number of anilines is 1. The van der Waals surface area contributed by atoms with Crippen LogP contribution in [0.15, 0.2) is 54.7 Å². The number of carbonyl (C=O) groups is 4. The molecule has 3 aliphatic rings. The third-order valence-corrected chi connectivity index (χ3v) is 9.24. The quantitative estimate of drug-likeness (QED) is 0.148. The molecule has 0 N–H and O–H groups in total. The number of thiophene rings is 1. The molecule has 40 heavy (non-hydrogen) atoms. The molecule has 0 unspecified atom stereocenters. The lowest BCUT2D eigenvalue weighted by molar-refractivity contribution is -0.384. The van der Waals surface area contributed by atoms with Crippen LogP contribution in [-0.2, 0) is 14.3 Å². The van der Waals surface area contributed by atoms with Crippen LogP contribution < -0.4 is 4.90 Å². The number of fused-ring (bicyclic) bond motifs is 5. The molecule has 0 spiro atoms. The summed E-state index contributed by atoms with van der Waals surface area (Å²) in [5.41, 5.74) is 2.50. The standard InChI is InChI=1S/C29H23N3O7S/c1-14-15(2)40-28(20(14)29(36)39-3)31-26(34)21-22(27(31)35)24(25(33)17-8-10-18(11-9-17)32(37)38)30-13-12-16-6-4-5-7-19(16)23(21)30/h4-13,21-24H,1-3H3/t21-,22-,23-,24+/m1/s1. The highest BCUT2D eigenvalue weighted by Gasteiger charge is 2.65. The number of methoxy groups -OCH3 is 1. The second-order valence-electron chi connectivity index (χ2n) is 9.97. The van der Waals surface area contributed by atoms with E-state index in [-0.39, 0.29) is 21.8 Å². The highest BCUT2D eigenvalue weighted by atomic mass is 32.1. The zero-order valence-electron chi connectivity index (χ0n) is 21.7. The number of rotatable bonds is 5. The van der Waals surface area contributed by atoms with Crippen LogP contribution >= 0.6 is 11.3 Å². The first-order valence-corrected chi connectivity index (χ1v) is 13.4. The minimum atomic E-state index is -1.04. The zero-order chi connectivity index (χ0) is 28.5. The minimum Gasteiger partial charge on any atom is -0.465 e. The van der Waals surface area contributed by atoms with Crippen LogP contribution in [0.25, 0.3) is 6.08 Å². The van der Waals surface area contributed by atoms with Gasteiger partial charge in [-0.3, -0.25) is 24.5 Å². The van der Waals surface area contributed by atoms with E-state index in [1.165, 1.54) is 31.4 Å². The molecule has 11 heteroatoms. The van der Waals surface area contributed by atoms with Crippen LogP contribution in [0.3, 0.4) is 0 Å². The monoisotopic (exact) mass is 557 g/mol. The highest BCUT2D eigenvalue weighted by Crippen LogP contribution is 2.55. The summed E-state index contributed by atoms with van der Waals surface area (Å²) in [6.07, 6.45) is 3.58. The molecule has 3 aliphatic heterocycles. The van der Waals surface area contributed by atoms with Crippen LogP contribution in [0.2, 0.25) is 0 Å². The average Bonchev–Trinajstić information content (AvgIpc) is 3.54. The maximum absolute atomic E-state index is 14.2. The predicted octanol–water partition coefficient (Wildman–Crippen LogP) is 4.46. The predicted molar refractivity (Wildman–Crippen MR) is 146 cm³/mol. The number of nitro groups is 1. The van der Waals surface area contributed by atoms with Crippen LogP contribution in [0.4, 0.5) is 10.7 Å². The fourth-order valence-corrected chi connectivity index (χ4v) is 7.24. The Morgan fingerprint density at radius 1 is 1.00 bits per heavy atom. The number of ether oxygens (including phenoxy) is 1. The van der Waals surface area contributed by atoms with Crippen molar-refractivity contribution in [3.05, 3.63) is 97.5 Å². The molecule has 2 amide bonds. The van der Waals surface area contributed by atoms with Gasteiger partial charge in [0.1, 0.15) is 11.0 Å². The van der Waals surface area contributed by atoms with E-state index in [4.69, 9.17) is 4.74 Å². The number of hydrogen-bond acceptors (Lipinski definition) is 9. The van der Waals surface area contributed by atoms with Gasteiger partial charge in [-0.05, 0) is 48.7 Å². The molecular formula is C29H23N3O7S. The fourth-order valence-electron chi connectivity index (χ4n) is 6.08. The normalized spacial score (nSPS) is 22.7. The summed E-state index contributed by atoms with van der Waals surface area (Å²) < 4.78 is 4.97. The Labute approximate surface area is 232 Å². The zero-order valence-corrected chi connectivity index (χ0v) is 22.5. The van der Waals surface area contributed by atoms with Crippen LogP contribution in [-0.4, -0.2) is 46.5 Å². The number of Topliss-reactive ketones (excluding diaryl/α,β-unsaturated/α-hetero) is 1. The first-order chi connectivity index (χ1) is 19.1. The molecule has 0 aliphatic carbocycles. The number of amides is 2. The maximum Gasteiger partial charge on any atom is 0.341 e. The number of ketones is 1. The van der Waals surface area contributed by atoms with Gasteiger partial charge < -0.3 is 9.64 Å². The molecule has 2 fully saturated rings. The first kappa shape index (κ1) is 25.6. The topological polar surface area (TPSA) is 127 Å². The molecule has 6 rings (SSSR count). The second-order valence-corrected chi connectivity index (χ2v) is 11.2. The van der Waals surface area contributed by atoms with Gasteiger partial charge in [0, 0.05) is 28.8 Å². The van der Waals surface area contributed by atoms with Crippen molar-refractivity contribution in [1.29, 1.82) is 0 Å². The van der Waals surface area contributed by atoms with Crippen molar-refractivity contribution >= 4 is 51.7 Å². The smallest absolute Gasteiger partial charge is 0.341 e. The van der Waals surface area contributed by atoms with Crippen molar-refractivity contribution in [3.63, 3.8) is 0 Å². The number of carbonyl (C=O) groups excluding carboxylic acids is 4. The largest absolute Gasteiger partial charge is 0.465 e. The van der Waals surface area contributed by atoms with Gasteiger partial charge in [-0.2, -0.15) is 0 Å². The lowest BCUT2D eigenvalue weighted by atomic mass is 9.83. The van der Waals surface area contributed by atoms with E-state index in [0.29, 0.717) is 5.56 Å². The summed E-state index contributed by atoms with van der Waals surface area (Å²) >= 11 is 1.16. The first-order valence-electron chi connectivity index (χ1n) is 12.5. The van der Waals surface area contributed by atoms with E-state index in [1.54, 1.807) is 24.9 Å². The number of hydrogen-bond donors (Lipinski definition) is 0. The van der Waals surface area contributed by atoms with Gasteiger partial charge in [-0.25, -0.2) is 9.69 Å². The fraction of sp³-hybridized carbons (Fsp3) is 0.241. The van der Waals surface area contributed by atoms with Gasteiger partial charge in [0.15, 0.2) is 5.78 Å². The van der Waals surface area contributed by atoms with Crippen LogP contribution in [0, 0.1) is 35.8 Å². The second kappa shape index (κ2) is 9.23. The number of nitro benzene ring substituents is 1. The summed E-state index contributed by atoms with van der Waals surface area (Å²) in [4.78, 5) is 69.3. The molecule has 3 aromatic rings. The molecule has 1 aromatic heterocycles. The van der Waals surface area contributed by atoms with E-state index < -0.39 is 52.4 Å². The van der Waals surface area contributed by atoms with E-state index in [2.05, 4.69) is 0 Å². The van der Waals surface area contributed by atoms with Crippen molar-refractivity contribution in [2.24, 2.45) is 11.8 Å². The third kappa shape index (κ3) is 3.54. The van der Waals surface area contributed by atoms with Gasteiger partial charge in [-0.15, -0.1) is 11.3 Å². The molecule has 4 heterocycles. The van der Waals surface area contributed by atoms with Crippen molar-refractivity contribution in [1.82, 2.24) is 4.90 Å². The minimum absolute atomic E-state index is 0.158. The number of non-ortho nitro benzene ring substituents is 1. The molecule has 0 bridgehead atoms. The average molecular weight is 558 g/mol. The lowest BCUT2D eigenvalue weighted by Gasteiger charge is -2.35. The molecule has 2 aromatic carbocycles. The van der Waals surface area contributed by atoms with Crippen LogP contribution in [0.5, 0.6) is 0 Å².